The number of amides is 1. The number of piperidine rings is 1. The third-order valence-electron chi connectivity index (χ3n) is 9.08. The lowest BCUT2D eigenvalue weighted by atomic mass is 9.98. The van der Waals surface area contributed by atoms with Gasteiger partial charge >= 0.3 is 5.69 Å². The van der Waals surface area contributed by atoms with Crippen LogP contribution in [-0.2, 0) is 9.53 Å². The average molecular weight is 622 g/mol. The van der Waals surface area contributed by atoms with Crippen LogP contribution in [-0.4, -0.2) is 74.8 Å². The van der Waals surface area contributed by atoms with E-state index in [9.17, 15) is 14.9 Å². The molecule has 46 heavy (non-hydrogen) atoms. The van der Waals surface area contributed by atoms with E-state index in [0.29, 0.717) is 54.2 Å². The first kappa shape index (κ1) is 31.1. The van der Waals surface area contributed by atoms with Crippen molar-refractivity contribution < 1.29 is 14.3 Å². The third kappa shape index (κ3) is 6.01. The van der Waals surface area contributed by atoms with Gasteiger partial charge in [0.1, 0.15) is 34.5 Å². The van der Waals surface area contributed by atoms with Crippen molar-refractivity contribution >= 4 is 22.8 Å². The SMILES string of the molecule is CO[C@@H]1CCN(C(C)(C)/C=C(/C#N)C(=O)N2CCC[C@@H](n3c(=O)n(-c4ccc(Oc5ccccc5)cc4)c4c(N)nccc43)C2)C1. The molecule has 2 atom stereocenters. The van der Waals surface area contributed by atoms with Crippen LogP contribution in [0.25, 0.3) is 16.7 Å². The van der Waals surface area contributed by atoms with E-state index in [4.69, 9.17) is 15.2 Å². The number of carbonyl (C=O) groups excluding carboxylic acids is 1. The van der Waals surface area contributed by atoms with Crippen LogP contribution >= 0.6 is 0 Å². The lowest BCUT2D eigenvalue weighted by molar-refractivity contribution is -0.128. The van der Waals surface area contributed by atoms with Gasteiger partial charge in [-0.05, 0) is 81.7 Å². The first-order chi connectivity index (χ1) is 22.2. The molecule has 4 heterocycles. The van der Waals surface area contributed by atoms with Crippen molar-refractivity contribution in [2.24, 2.45) is 0 Å². The Morgan fingerprint density at radius 1 is 1.04 bits per heavy atom. The number of fused-ring (bicyclic) bond motifs is 1. The van der Waals surface area contributed by atoms with Gasteiger partial charge in [-0.25, -0.2) is 9.78 Å². The van der Waals surface area contributed by atoms with E-state index in [2.05, 4.69) is 16.0 Å². The predicted molar refractivity (Wildman–Crippen MR) is 176 cm³/mol. The highest BCUT2D eigenvalue weighted by molar-refractivity contribution is 5.97. The molecule has 2 saturated heterocycles. The summed E-state index contributed by atoms with van der Waals surface area (Å²) in [5.41, 5.74) is 7.46. The number of imidazole rings is 1. The molecule has 0 aliphatic carbocycles. The van der Waals surface area contributed by atoms with E-state index in [0.717, 1.165) is 19.5 Å². The minimum atomic E-state index is -0.500. The monoisotopic (exact) mass is 621 g/mol. The number of rotatable bonds is 8. The number of likely N-dealkylation sites (tertiary alicyclic amines) is 2. The Kier molecular flexibility index (Phi) is 8.67. The van der Waals surface area contributed by atoms with E-state index in [1.54, 1.807) is 51.6 Å². The van der Waals surface area contributed by atoms with Crippen molar-refractivity contribution in [1.82, 2.24) is 23.9 Å². The molecule has 2 aliphatic rings. The minimum absolute atomic E-state index is 0.104. The van der Waals surface area contributed by atoms with Gasteiger partial charge in [0.15, 0.2) is 0 Å². The Bertz CT molecular complexity index is 1850. The maximum atomic E-state index is 14.2. The van der Waals surface area contributed by atoms with Gasteiger partial charge in [-0.3, -0.25) is 18.8 Å². The van der Waals surface area contributed by atoms with Gasteiger partial charge in [0.2, 0.25) is 0 Å². The summed E-state index contributed by atoms with van der Waals surface area (Å²) in [4.78, 5) is 36.2. The van der Waals surface area contributed by atoms with Crippen LogP contribution in [0.2, 0.25) is 0 Å². The zero-order chi connectivity index (χ0) is 32.4. The zero-order valence-corrected chi connectivity index (χ0v) is 26.4. The summed E-state index contributed by atoms with van der Waals surface area (Å²) in [5, 5.41) is 10.1. The van der Waals surface area contributed by atoms with Crippen molar-refractivity contribution in [3.63, 3.8) is 0 Å². The maximum Gasteiger partial charge on any atom is 0.334 e. The third-order valence-corrected chi connectivity index (χ3v) is 9.08. The first-order valence-corrected chi connectivity index (χ1v) is 15.6. The zero-order valence-electron chi connectivity index (χ0n) is 26.4. The lowest BCUT2D eigenvalue weighted by Gasteiger charge is -2.35. The molecular formula is C35H39N7O4. The number of nitrogen functional groups attached to an aromatic ring is 1. The fourth-order valence-electron chi connectivity index (χ4n) is 6.62. The molecule has 0 bridgehead atoms. The molecule has 0 unspecified atom stereocenters. The molecule has 2 aromatic heterocycles. The van der Waals surface area contributed by atoms with Gasteiger partial charge in [-0.2, -0.15) is 5.26 Å². The second-order valence-electron chi connectivity index (χ2n) is 12.4. The second-order valence-corrected chi connectivity index (χ2v) is 12.4. The summed E-state index contributed by atoms with van der Waals surface area (Å²) in [5.74, 6) is 1.25. The Morgan fingerprint density at radius 2 is 1.78 bits per heavy atom. The highest BCUT2D eigenvalue weighted by Crippen LogP contribution is 2.31. The number of ether oxygens (including phenoxy) is 2. The van der Waals surface area contributed by atoms with Gasteiger partial charge in [0.05, 0.1) is 23.3 Å². The second kappa shape index (κ2) is 12.8. The molecular weight excluding hydrogens is 582 g/mol. The number of nitrogens with zero attached hydrogens (tertiary/aromatic N) is 6. The van der Waals surface area contributed by atoms with Crippen molar-refractivity contribution in [2.75, 3.05) is 39.0 Å². The van der Waals surface area contributed by atoms with Crippen LogP contribution < -0.4 is 16.2 Å². The summed E-state index contributed by atoms with van der Waals surface area (Å²) in [6.45, 7) is 6.40. The number of para-hydroxylation sites is 1. The van der Waals surface area contributed by atoms with Crippen LogP contribution in [0.1, 0.15) is 39.2 Å². The standard InChI is InChI=1S/C35H39N7O4/c1-35(2,40-19-16-29(23-40)45-3)20-24(21-36)33(43)39-18-7-8-26(22-39)41-30-15-17-38-32(37)31(30)42(34(41)44)25-11-13-28(14-12-25)46-27-9-5-4-6-10-27/h4-6,9-15,17,20,26,29H,7-8,16,18-19,22-23H2,1-3H3,(H2,37,38)/b24-20-/t26-,29-/m1/s1. The van der Waals surface area contributed by atoms with Gasteiger partial charge in [-0.15, -0.1) is 0 Å². The number of benzene rings is 2. The number of hydrogen-bond acceptors (Lipinski definition) is 8. The number of nitriles is 1. The topological polar surface area (TPSA) is 132 Å². The molecule has 11 heteroatoms. The molecule has 0 saturated carbocycles. The number of methoxy groups -OCH3 is 1. The molecule has 238 valence electrons. The quantitative estimate of drug-likeness (QED) is 0.222. The molecule has 1 amide bonds. The Balaban J connectivity index is 1.28. The van der Waals surface area contributed by atoms with E-state index in [-0.39, 0.29) is 35.1 Å². The van der Waals surface area contributed by atoms with Gasteiger partial charge in [0, 0.05) is 45.0 Å². The normalized spacial score (nSPS) is 19.3. The summed E-state index contributed by atoms with van der Waals surface area (Å²) in [7, 11) is 1.71. The molecule has 2 N–H and O–H groups in total. The fourth-order valence-corrected chi connectivity index (χ4v) is 6.62. The molecule has 2 fully saturated rings. The lowest BCUT2D eigenvalue weighted by Crippen LogP contribution is -2.45. The Labute approximate surface area is 268 Å². The van der Waals surface area contributed by atoms with Crippen LogP contribution in [0.5, 0.6) is 11.5 Å². The molecule has 2 aliphatic heterocycles. The van der Waals surface area contributed by atoms with Crippen molar-refractivity contribution in [2.45, 2.75) is 50.8 Å². The molecule has 6 rings (SSSR count). The van der Waals surface area contributed by atoms with Gasteiger partial charge in [-0.1, -0.05) is 18.2 Å². The average Bonchev–Trinajstić information content (AvgIpc) is 3.68. The molecule has 4 aromatic rings. The highest BCUT2D eigenvalue weighted by atomic mass is 16.5. The molecule has 11 nitrogen and oxygen atoms in total. The number of anilines is 1. The van der Waals surface area contributed by atoms with Crippen LogP contribution in [0.3, 0.4) is 0 Å². The van der Waals surface area contributed by atoms with E-state index in [1.165, 1.54) is 0 Å². The highest BCUT2D eigenvalue weighted by Gasteiger charge is 2.35. The van der Waals surface area contributed by atoms with Crippen molar-refractivity contribution in [3.05, 3.63) is 89.0 Å². The summed E-state index contributed by atoms with van der Waals surface area (Å²) < 4.78 is 14.7. The first-order valence-electron chi connectivity index (χ1n) is 15.6. The fraction of sp³-hybridized carbons (Fsp3) is 0.371. The van der Waals surface area contributed by atoms with E-state index < -0.39 is 5.54 Å². The number of carbonyl (C=O) groups is 1. The molecule has 2 aromatic carbocycles. The number of nitrogens with two attached hydrogens (primary N) is 1. The number of pyridine rings is 1. The smallest absolute Gasteiger partial charge is 0.334 e. The van der Waals surface area contributed by atoms with Crippen LogP contribution in [0.15, 0.2) is 83.3 Å². The maximum absolute atomic E-state index is 14.2. The largest absolute Gasteiger partial charge is 0.457 e. The molecule has 0 spiro atoms. The van der Waals surface area contributed by atoms with Crippen molar-refractivity contribution in [3.8, 4) is 23.3 Å². The van der Waals surface area contributed by atoms with E-state index >= 15 is 0 Å². The Hall–Kier alpha value is -4.92. The summed E-state index contributed by atoms with van der Waals surface area (Å²) in [6.07, 6.45) is 5.79. The minimum Gasteiger partial charge on any atom is -0.457 e. The predicted octanol–water partition coefficient (Wildman–Crippen LogP) is 4.67. The molecule has 0 radical (unpaired) electrons. The van der Waals surface area contributed by atoms with Crippen molar-refractivity contribution in [1.29, 1.82) is 5.26 Å². The van der Waals surface area contributed by atoms with Gasteiger partial charge in [0.25, 0.3) is 5.91 Å². The van der Waals surface area contributed by atoms with Gasteiger partial charge < -0.3 is 20.1 Å². The van der Waals surface area contributed by atoms with Crippen LogP contribution in [0.4, 0.5) is 5.82 Å². The number of hydrogen-bond donors (Lipinski definition) is 1. The Morgan fingerprint density at radius 3 is 2.48 bits per heavy atom. The van der Waals surface area contributed by atoms with Crippen LogP contribution in [0, 0.1) is 11.3 Å². The number of aromatic nitrogens is 3. The van der Waals surface area contributed by atoms with E-state index in [1.807, 2.05) is 56.3 Å². The summed E-state index contributed by atoms with van der Waals surface area (Å²) in [6, 6.07) is 20.3. The summed E-state index contributed by atoms with van der Waals surface area (Å²) >= 11 is 0.